The number of hydrogen-bond acceptors (Lipinski definition) is 7. The molecular weight excluding hydrogens is 346 g/mol. The fraction of sp³-hybridized carbons (Fsp3) is 0.267. The van der Waals surface area contributed by atoms with E-state index in [9.17, 15) is 18.5 Å². The Morgan fingerprint density at radius 1 is 1.28 bits per heavy atom. The number of nitro groups is 1. The average molecular weight is 361 g/mol. The molecular formula is C15H15N5O4S. The lowest BCUT2D eigenvalue weighted by atomic mass is 10.2. The van der Waals surface area contributed by atoms with Crippen molar-refractivity contribution < 1.29 is 13.3 Å². The fourth-order valence-corrected chi connectivity index (χ4v) is 3.71. The number of benzene rings is 1. The van der Waals surface area contributed by atoms with Gasteiger partial charge in [-0.05, 0) is 12.5 Å². The Labute approximate surface area is 143 Å². The van der Waals surface area contributed by atoms with Gasteiger partial charge in [0.15, 0.2) is 5.82 Å². The third-order valence-corrected chi connectivity index (χ3v) is 5.25. The van der Waals surface area contributed by atoms with E-state index in [1.807, 2.05) is 6.92 Å². The fourth-order valence-electron chi connectivity index (χ4n) is 2.40. The van der Waals surface area contributed by atoms with Gasteiger partial charge in [-0.25, -0.2) is 18.1 Å². The zero-order valence-corrected chi connectivity index (χ0v) is 14.2. The molecule has 25 heavy (non-hydrogen) atoms. The quantitative estimate of drug-likeness (QED) is 0.375. The van der Waals surface area contributed by atoms with E-state index in [0.717, 1.165) is 6.42 Å². The summed E-state index contributed by atoms with van der Waals surface area (Å²) in [6.45, 7) is 1.90. The van der Waals surface area contributed by atoms with Crippen LogP contribution in [0.25, 0.3) is 16.7 Å². The number of aromatic nitrogens is 4. The van der Waals surface area contributed by atoms with E-state index >= 15 is 0 Å². The molecule has 0 bridgehead atoms. The molecule has 0 atom stereocenters. The van der Waals surface area contributed by atoms with Gasteiger partial charge in [0, 0.05) is 18.3 Å². The predicted molar refractivity (Wildman–Crippen MR) is 90.3 cm³/mol. The van der Waals surface area contributed by atoms with Crippen LogP contribution >= 0.6 is 0 Å². The normalized spacial score (nSPS) is 11.7. The van der Waals surface area contributed by atoms with Crippen molar-refractivity contribution in [2.24, 2.45) is 0 Å². The predicted octanol–water partition coefficient (Wildman–Crippen LogP) is 2.30. The minimum Gasteiger partial charge on any atom is -0.258 e. The summed E-state index contributed by atoms with van der Waals surface area (Å²) in [5.41, 5.74) is 0.387. The van der Waals surface area contributed by atoms with Gasteiger partial charge in [0.1, 0.15) is 0 Å². The number of hydrogen-bond donors (Lipinski definition) is 0. The Morgan fingerprint density at radius 2 is 2.08 bits per heavy atom. The van der Waals surface area contributed by atoms with Gasteiger partial charge in [0.2, 0.25) is 15.0 Å². The van der Waals surface area contributed by atoms with Gasteiger partial charge in [-0.15, -0.1) is 0 Å². The molecule has 0 aliphatic heterocycles. The van der Waals surface area contributed by atoms with Crippen LogP contribution < -0.4 is 0 Å². The smallest absolute Gasteiger partial charge is 0.258 e. The molecule has 0 N–H and O–H groups in total. The number of fused-ring (bicyclic) bond motifs is 1. The molecule has 0 saturated heterocycles. The molecule has 0 aliphatic rings. The van der Waals surface area contributed by atoms with Crippen molar-refractivity contribution in [2.75, 3.05) is 5.75 Å². The maximum atomic E-state index is 12.3. The van der Waals surface area contributed by atoms with Crippen molar-refractivity contribution in [3.8, 4) is 5.82 Å². The molecule has 0 radical (unpaired) electrons. The number of nitrogens with zero attached hydrogens (tertiary/aromatic N) is 5. The average Bonchev–Trinajstić information content (AvgIpc) is 3.04. The number of sulfone groups is 1. The van der Waals surface area contributed by atoms with Crippen molar-refractivity contribution in [3.05, 3.63) is 46.8 Å². The molecule has 3 aromatic rings. The summed E-state index contributed by atoms with van der Waals surface area (Å²) in [4.78, 5) is 18.6. The van der Waals surface area contributed by atoms with Gasteiger partial charge >= 0.3 is 0 Å². The first kappa shape index (κ1) is 17.0. The summed E-state index contributed by atoms with van der Waals surface area (Å²) in [5.74, 6) is 0.207. The molecule has 0 amide bonds. The van der Waals surface area contributed by atoms with Gasteiger partial charge in [0.05, 0.1) is 27.8 Å². The molecule has 0 saturated carbocycles. The molecule has 2 aromatic heterocycles. The SMILES string of the molecule is CCCCS(=O)(=O)c1nccc(-n2ncc3c([N+](=O)[O-])cccc32)n1. The maximum absolute atomic E-state index is 12.3. The van der Waals surface area contributed by atoms with Crippen LogP contribution in [0.15, 0.2) is 41.8 Å². The number of rotatable bonds is 6. The van der Waals surface area contributed by atoms with E-state index in [4.69, 9.17) is 0 Å². The van der Waals surface area contributed by atoms with Crippen LogP contribution in [-0.2, 0) is 9.84 Å². The highest BCUT2D eigenvalue weighted by Gasteiger charge is 2.20. The van der Waals surface area contributed by atoms with Gasteiger partial charge in [-0.2, -0.15) is 10.1 Å². The molecule has 10 heteroatoms. The standard InChI is InChI=1S/C15H15N5O4S/c1-2-3-9-25(23,24)15-16-8-7-14(18-15)19-12-5-4-6-13(20(21)22)11(12)10-17-19/h4-8,10H,2-3,9H2,1H3. The Balaban J connectivity index is 2.10. The van der Waals surface area contributed by atoms with E-state index in [1.54, 1.807) is 12.1 Å². The lowest BCUT2D eigenvalue weighted by Crippen LogP contribution is -2.12. The molecule has 130 valence electrons. The molecule has 2 heterocycles. The number of nitro benzene ring substituents is 1. The minimum atomic E-state index is -3.58. The minimum absolute atomic E-state index is 0.0295. The molecule has 9 nitrogen and oxygen atoms in total. The monoisotopic (exact) mass is 361 g/mol. The van der Waals surface area contributed by atoms with Crippen LogP contribution in [0.3, 0.4) is 0 Å². The first-order valence-electron chi connectivity index (χ1n) is 7.61. The van der Waals surface area contributed by atoms with Gasteiger partial charge in [-0.3, -0.25) is 10.1 Å². The van der Waals surface area contributed by atoms with Crippen LogP contribution in [0.2, 0.25) is 0 Å². The summed E-state index contributed by atoms with van der Waals surface area (Å²) in [5, 5.41) is 15.3. The third kappa shape index (κ3) is 3.20. The Morgan fingerprint density at radius 3 is 2.80 bits per heavy atom. The van der Waals surface area contributed by atoms with Gasteiger partial charge in [-0.1, -0.05) is 19.4 Å². The van der Waals surface area contributed by atoms with Crippen LogP contribution in [-0.4, -0.2) is 38.8 Å². The number of non-ortho nitro benzene ring substituents is 1. The Kier molecular flexibility index (Phi) is 4.45. The van der Waals surface area contributed by atoms with Gasteiger partial charge in [0.25, 0.3) is 5.69 Å². The topological polar surface area (TPSA) is 121 Å². The van der Waals surface area contributed by atoms with E-state index in [2.05, 4.69) is 15.1 Å². The second-order valence-electron chi connectivity index (χ2n) is 5.39. The summed E-state index contributed by atoms with van der Waals surface area (Å²) < 4.78 is 25.9. The first-order valence-corrected chi connectivity index (χ1v) is 9.26. The molecule has 3 rings (SSSR count). The zero-order valence-electron chi connectivity index (χ0n) is 13.4. The van der Waals surface area contributed by atoms with Crippen molar-refractivity contribution >= 4 is 26.4 Å². The lowest BCUT2D eigenvalue weighted by molar-refractivity contribution is -0.383. The van der Waals surface area contributed by atoms with Crippen molar-refractivity contribution in [2.45, 2.75) is 24.9 Å². The van der Waals surface area contributed by atoms with Crippen molar-refractivity contribution in [3.63, 3.8) is 0 Å². The second-order valence-corrected chi connectivity index (χ2v) is 7.40. The highest BCUT2D eigenvalue weighted by molar-refractivity contribution is 7.91. The summed E-state index contributed by atoms with van der Waals surface area (Å²) in [6, 6.07) is 6.08. The van der Waals surface area contributed by atoms with E-state index in [0.29, 0.717) is 17.3 Å². The van der Waals surface area contributed by atoms with Crippen LogP contribution in [0, 0.1) is 10.1 Å². The lowest BCUT2D eigenvalue weighted by Gasteiger charge is -2.06. The largest absolute Gasteiger partial charge is 0.280 e. The van der Waals surface area contributed by atoms with Crippen LogP contribution in [0.5, 0.6) is 0 Å². The molecule has 1 aromatic carbocycles. The summed E-state index contributed by atoms with van der Waals surface area (Å²) >= 11 is 0. The van der Waals surface area contributed by atoms with Crippen molar-refractivity contribution in [1.82, 2.24) is 19.7 Å². The van der Waals surface area contributed by atoms with Crippen LogP contribution in [0.4, 0.5) is 5.69 Å². The second kappa shape index (κ2) is 6.55. The van der Waals surface area contributed by atoms with Gasteiger partial charge < -0.3 is 0 Å². The highest BCUT2D eigenvalue weighted by atomic mass is 32.2. The molecule has 0 fully saturated rings. The molecule has 0 aliphatic carbocycles. The third-order valence-electron chi connectivity index (χ3n) is 3.67. The van der Waals surface area contributed by atoms with Crippen LogP contribution in [0.1, 0.15) is 19.8 Å². The molecule has 0 unspecified atom stereocenters. The first-order chi connectivity index (χ1) is 11.9. The van der Waals surface area contributed by atoms with E-state index in [-0.39, 0.29) is 22.4 Å². The maximum Gasteiger partial charge on any atom is 0.280 e. The molecule has 0 spiro atoms. The van der Waals surface area contributed by atoms with E-state index in [1.165, 1.54) is 29.2 Å². The summed E-state index contributed by atoms with van der Waals surface area (Å²) in [6.07, 6.45) is 3.96. The van der Waals surface area contributed by atoms with E-state index < -0.39 is 14.8 Å². The number of unbranched alkanes of at least 4 members (excludes halogenated alkanes) is 1. The highest BCUT2D eigenvalue weighted by Crippen LogP contribution is 2.26. The van der Waals surface area contributed by atoms with Crippen molar-refractivity contribution in [1.29, 1.82) is 0 Å². The Bertz CT molecular complexity index is 1050. The summed E-state index contributed by atoms with van der Waals surface area (Å²) in [7, 11) is -3.58. The zero-order chi connectivity index (χ0) is 18.0. The Hall–Kier alpha value is -2.88.